The van der Waals surface area contributed by atoms with Gasteiger partial charge in [-0.3, -0.25) is 13.9 Å². The largest absolute Gasteiger partial charge is 0.354 e. The zero-order chi connectivity index (χ0) is 29.6. The minimum atomic E-state index is -4.21. The summed E-state index contributed by atoms with van der Waals surface area (Å²) < 4.78 is 28.8. The van der Waals surface area contributed by atoms with Gasteiger partial charge in [-0.05, 0) is 62.6 Å². The molecule has 3 aromatic carbocycles. The van der Waals surface area contributed by atoms with E-state index in [9.17, 15) is 18.0 Å². The number of sulfonamides is 1. The minimum Gasteiger partial charge on any atom is -0.354 e. The average Bonchev–Trinajstić information content (AvgIpc) is 2.88. The number of benzene rings is 3. The Morgan fingerprint density at radius 3 is 2.08 bits per heavy atom. The average molecular weight is 605 g/mol. The molecular weight excluding hydrogens is 569 g/mol. The lowest BCUT2D eigenvalue weighted by atomic mass is 10.1. The maximum absolute atomic E-state index is 14.0. The van der Waals surface area contributed by atoms with Gasteiger partial charge in [-0.1, -0.05) is 84.6 Å². The van der Waals surface area contributed by atoms with E-state index in [1.165, 1.54) is 35.2 Å². The number of amides is 2. The fourth-order valence-corrected chi connectivity index (χ4v) is 6.00. The summed E-state index contributed by atoms with van der Waals surface area (Å²) in [5, 5.41) is 3.32. The molecule has 0 aromatic heterocycles. The fraction of sp³-hybridized carbons (Fsp3) is 0.333. The summed E-state index contributed by atoms with van der Waals surface area (Å²) in [4.78, 5) is 28.5. The lowest BCUT2D eigenvalue weighted by Crippen LogP contribution is -2.51. The van der Waals surface area contributed by atoms with Crippen molar-refractivity contribution in [3.05, 3.63) is 93.5 Å². The number of halogens is 2. The van der Waals surface area contributed by atoms with Crippen molar-refractivity contribution in [2.75, 3.05) is 17.4 Å². The van der Waals surface area contributed by atoms with Gasteiger partial charge in [0.25, 0.3) is 10.0 Å². The molecule has 1 atom stereocenters. The first-order valence-corrected chi connectivity index (χ1v) is 15.2. The highest BCUT2D eigenvalue weighted by Crippen LogP contribution is 2.30. The predicted molar refractivity (Wildman–Crippen MR) is 161 cm³/mol. The van der Waals surface area contributed by atoms with Gasteiger partial charge in [0.2, 0.25) is 11.8 Å². The number of aryl methyl sites for hydroxylation is 2. The van der Waals surface area contributed by atoms with Crippen LogP contribution in [0.1, 0.15) is 37.5 Å². The molecule has 0 unspecified atom stereocenters. The molecule has 0 bridgehead atoms. The third kappa shape index (κ3) is 8.22. The summed E-state index contributed by atoms with van der Waals surface area (Å²) in [6.45, 7) is 9.38. The Hall–Kier alpha value is -3.07. The van der Waals surface area contributed by atoms with Crippen molar-refractivity contribution in [2.45, 2.75) is 52.1 Å². The molecule has 3 rings (SSSR count). The van der Waals surface area contributed by atoms with E-state index in [4.69, 9.17) is 23.2 Å². The van der Waals surface area contributed by atoms with E-state index in [2.05, 4.69) is 5.32 Å². The third-order valence-electron chi connectivity index (χ3n) is 6.31. The van der Waals surface area contributed by atoms with Crippen LogP contribution in [0.15, 0.2) is 71.6 Å². The van der Waals surface area contributed by atoms with Crippen molar-refractivity contribution in [2.24, 2.45) is 5.92 Å². The lowest BCUT2D eigenvalue weighted by Gasteiger charge is -2.32. The number of carbonyl (C=O) groups excluding carboxylic acids is 2. The van der Waals surface area contributed by atoms with E-state index < -0.39 is 28.5 Å². The van der Waals surface area contributed by atoms with Crippen molar-refractivity contribution in [3.63, 3.8) is 0 Å². The summed E-state index contributed by atoms with van der Waals surface area (Å²) in [6, 6.07) is 17.4. The summed E-state index contributed by atoms with van der Waals surface area (Å²) in [5.41, 5.74) is 2.84. The zero-order valence-corrected chi connectivity index (χ0v) is 25.6. The van der Waals surface area contributed by atoms with E-state index in [1.807, 2.05) is 52.0 Å². The Balaban J connectivity index is 2.05. The summed E-state index contributed by atoms with van der Waals surface area (Å²) in [5.74, 6) is -0.659. The number of hydrogen-bond donors (Lipinski definition) is 1. The molecule has 0 heterocycles. The van der Waals surface area contributed by atoms with E-state index in [0.29, 0.717) is 6.54 Å². The van der Waals surface area contributed by atoms with Gasteiger partial charge >= 0.3 is 0 Å². The first kappa shape index (κ1) is 31.5. The molecule has 40 heavy (non-hydrogen) atoms. The Kier molecular flexibility index (Phi) is 10.6. The Morgan fingerprint density at radius 1 is 0.875 bits per heavy atom. The zero-order valence-electron chi connectivity index (χ0n) is 23.3. The van der Waals surface area contributed by atoms with Crippen molar-refractivity contribution < 1.29 is 18.0 Å². The number of nitrogens with one attached hydrogen (secondary N) is 1. The molecule has 0 aliphatic carbocycles. The van der Waals surface area contributed by atoms with Crippen LogP contribution in [0.5, 0.6) is 0 Å². The van der Waals surface area contributed by atoms with Gasteiger partial charge in [0, 0.05) is 23.1 Å². The molecule has 2 amide bonds. The van der Waals surface area contributed by atoms with Crippen LogP contribution in [0.4, 0.5) is 5.69 Å². The number of anilines is 1. The maximum atomic E-state index is 14.0. The minimum absolute atomic E-state index is 0.00922. The first-order chi connectivity index (χ1) is 18.8. The molecule has 0 radical (unpaired) electrons. The van der Waals surface area contributed by atoms with E-state index >= 15 is 0 Å². The van der Waals surface area contributed by atoms with Crippen molar-refractivity contribution >= 4 is 50.7 Å². The topological polar surface area (TPSA) is 86.8 Å². The number of hydrogen-bond acceptors (Lipinski definition) is 4. The molecule has 0 fully saturated rings. The molecular formula is C30H35Cl2N3O4S. The molecule has 0 aliphatic rings. The smallest absolute Gasteiger partial charge is 0.264 e. The van der Waals surface area contributed by atoms with Gasteiger partial charge in [-0.25, -0.2) is 8.42 Å². The summed E-state index contributed by atoms with van der Waals surface area (Å²) in [6.07, 6.45) is 0. The molecule has 1 N–H and O–H groups in total. The molecule has 0 aliphatic heterocycles. The van der Waals surface area contributed by atoms with Crippen LogP contribution in [-0.4, -0.2) is 44.3 Å². The van der Waals surface area contributed by atoms with Crippen molar-refractivity contribution in [1.82, 2.24) is 10.2 Å². The Bertz CT molecular complexity index is 1440. The molecule has 7 nitrogen and oxygen atoms in total. The highest BCUT2D eigenvalue weighted by molar-refractivity contribution is 7.92. The van der Waals surface area contributed by atoms with Crippen LogP contribution in [0.25, 0.3) is 0 Å². The van der Waals surface area contributed by atoms with E-state index in [1.54, 1.807) is 19.1 Å². The van der Waals surface area contributed by atoms with E-state index in [0.717, 1.165) is 21.0 Å². The molecule has 0 saturated carbocycles. The van der Waals surface area contributed by atoms with Crippen LogP contribution in [0.3, 0.4) is 0 Å². The van der Waals surface area contributed by atoms with Gasteiger partial charge < -0.3 is 10.2 Å². The summed E-state index contributed by atoms with van der Waals surface area (Å²) in [7, 11) is -4.21. The second kappa shape index (κ2) is 13.5. The van der Waals surface area contributed by atoms with Crippen LogP contribution in [0.2, 0.25) is 10.0 Å². The molecule has 10 heteroatoms. The van der Waals surface area contributed by atoms with Crippen LogP contribution in [-0.2, 0) is 26.2 Å². The van der Waals surface area contributed by atoms with Gasteiger partial charge in [0.15, 0.2) is 0 Å². The van der Waals surface area contributed by atoms with Crippen LogP contribution >= 0.6 is 23.2 Å². The molecule has 214 valence electrons. The second-order valence-electron chi connectivity index (χ2n) is 10.3. The maximum Gasteiger partial charge on any atom is 0.264 e. The molecule has 3 aromatic rings. The second-order valence-corrected chi connectivity index (χ2v) is 13.0. The normalized spacial score (nSPS) is 12.2. The monoisotopic (exact) mass is 603 g/mol. The summed E-state index contributed by atoms with van der Waals surface area (Å²) >= 11 is 12.5. The number of rotatable bonds is 11. The Morgan fingerprint density at radius 2 is 1.50 bits per heavy atom. The number of carbonyl (C=O) groups is 2. The van der Waals surface area contributed by atoms with Crippen LogP contribution < -0.4 is 9.62 Å². The highest BCUT2D eigenvalue weighted by atomic mass is 35.5. The van der Waals surface area contributed by atoms with Crippen molar-refractivity contribution in [1.29, 1.82) is 0 Å². The quantitative estimate of drug-likeness (QED) is 0.291. The SMILES string of the molecule is Cc1ccc(S(=O)(=O)N(CC(=O)N(Cc2cccc(C)c2)[C@@H](C)C(=O)NCC(C)C)c2cc(Cl)cc(Cl)c2)cc1. The van der Waals surface area contributed by atoms with Crippen molar-refractivity contribution in [3.8, 4) is 0 Å². The highest BCUT2D eigenvalue weighted by Gasteiger charge is 2.33. The predicted octanol–water partition coefficient (Wildman–Crippen LogP) is 6.00. The third-order valence-corrected chi connectivity index (χ3v) is 8.53. The lowest BCUT2D eigenvalue weighted by molar-refractivity contribution is -0.139. The van der Waals surface area contributed by atoms with Crippen LogP contribution in [0, 0.1) is 19.8 Å². The van der Waals surface area contributed by atoms with E-state index in [-0.39, 0.29) is 39.0 Å². The Labute approximate surface area is 247 Å². The first-order valence-electron chi connectivity index (χ1n) is 13.0. The van der Waals surface area contributed by atoms with Gasteiger partial charge in [-0.15, -0.1) is 0 Å². The molecule has 0 spiro atoms. The van der Waals surface area contributed by atoms with Gasteiger partial charge in [0.05, 0.1) is 10.6 Å². The molecule has 0 saturated heterocycles. The number of nitrogens with zero attached hydrogens (tertiary/aromatic N) is 2. The fourth-order valence-electron chi connectivity index (χ4n) is 4.09. The standard InChI is InChI=1S/C30H35Cl2N3O4S/c1-20(2)17-33-30(37)23(5)34(18-24-8-6-7-22(4)13-24)29(36)19-35(27-15-25(31)14-26(32)16-27)40(38,39)28-11-9-21(3)10-12-28/h6-16,20,23H,17-19H2,1-5H3,(H,33,37)/t23-/m0/s1. The van der Waals surface area contributed by atoms with Gasteiger partial charge in [0.1, 0.15) is 12.6 Å². The van der Waals surface area contributed by atoms with Gasteiger partial charge in [-0.2, -0.15) is 0 Å².